The van der Waals surface area contributed by atoms with E-state index >= 15 is 0 Å². The molecule has 0 aromatic rings. The average molecular weight is 238 g/mol. The van der Waals surface area contributed by atoms with Crippen LogP contribution in [0.1, 0.15) is 0 Å². The van der Waals surface area contributed by atoms with Crippen LogP contribution in [0.5, 0.6) is 0 Å². The van der Waals surface area contributed by atoms with Gasteiger partial charge in [-0.05, 0) is 3.93 Å². The van der Waals surface area contributed by atoms with Crippen molar-refractivity contribution in [1.82, 2.24) is 0 Å². The maximum atomic E-state index is 3.09. The molecule has 0 aliphatic carbocycles. The fourth-order valence-corrected chi connectivity index (χ4v) is 1.47. The summed E-state index contributed by atoms with van der Waals surface area (Å²) >= 11 is 2.09. The van der Waals surface area contributed by atoms with Crippen LogP contribution in [0.25, 0.3) is 0 Å². The molecule has 8 heavy (non-hydrogen) atoms. The van der Waals surface area contributed by atoms with Crippen molar-refractivity contribution in [2.45, 2.75) is 25.7 Å². The Labute approximate surface area is 66.2 Å². The Morgan fingerprint density at radius 3 is 2.00 bits per heavy atom. The van der Waals surface area contributed by atoms with E-state index < -0.39 is 8.07 Å². The highest BCUT2D eigenvalue weighted by atomic mass is 127. The Balaban J connectivity index is 3.50. The maximum Gasteiger partial charge on any atom is 0.0573 e. The summed E-state index contributed by atoms with van der Waals surface area (Å²) in [5.74, 6) is 3.09. The summed E-state index contributed by atoms with van der Waals surface area (Å²) in [6.07, 6.45) is 0. The largest absolute Gasteiger partial charge is 0.0949 e. The lowest BCUT2D eigenvalue weighted by atomic mass is 10.8. The van der Waals surface area contributed by atoms with Gasteiger partial charge in [0, 0.05) is 28.6 Å². The average Bonchev–Trinajstić information content (AvgIpc) is 1.59. The molecule has 0 aromatic heterocycles. The van der Waals surface area contributed by atoms with Crippen LogP contribution in [-0.2, 0) is 0 Å². The third-order valence-electron chi connectivity index (χ3n) is 0.686. The molecule has 0 heterocycles. The SMILES string of the molecule is C[Si](C)(C)CC#CI. The smallest absolute Gasteiger partial charge is 0.0573 e. The minimum absolute atomic E-state index is 0.857. The van der Waals surface area contributed by atoms with E-state index in [1.807, 2.05) is 0 Å². The van der Waals surface area contributed by atoms with Gasteiger partial charge in [0.05, 0.1) is 8.07 Å². The molecule has 0 atom stereocenters. The van der Waals surface area contributed by atoms with E-state index in [0.717, 1.165) is 6.04 Å². The van der Waals surface area contributed by atoms with Gasteiger partial charge in [0.2, 0.25) is 0 Å². The van der Waals surface area contributed by atoms with Crippen molar-refractivity contribution in [3.05, 3.63) is 0 Å². The second kappa shape index (κ2) is 3.52. The fraction of sp³-hybridized carbons (Fsp3) is 0.667. The van der Waals surface area contributed by atoms with Gasteiger partial charge in [0.1, 0.15) is 0 Å². The predicted molar refractivity (Wildman–Crippen MR) is 49.9 cm³/mol. The summed E-state index contributed by atoms with van der Waals surface area (Å²) in [6, 6.07) is 1.13. The summed E-state index contributed by atoms with van der Waals surface area (Å²) in [5, 5.41) is 0. The molecule has 0 saturated carbocycles. The molecule has 0 amide bonds. The zero-order valence-electron chi connectivity index (χ0n) is 5.59. The van der Waals surface area contributed by atoms with Gasteiger partial charge in [-0.3, -0.25) is 0 Å². The standard InChI is InChI=1S/C6H11ISi/c1-8(2,3)6-4-5-7/h6H2,1-3H3. The van der Waals surface area contributed by atoms with Crippen LogP contribution in [0.4, 0.5) is 0 Å². The van der Waals surface area contributed by atoms with Crippen molar-refractivity contribution in [2.75, 3.05) is 0 Å². The zero-order valence-corrected chi connectivity index (χ0v) is 8.74. The second-order valence-electron chi connectivity index (χ2n) is 3.01. The Morgan fingerprint density at radius 2 is 1.88 bits per heavy atom. The van der Waals surface area contributed by atoms with Crippen LogP contribution in [0.15, 0.2) is 0 Å². The summed E-state index contributed by atoms with van der Waals surface area (Å²) < 4.78 is 2.88. The second-order valence-corrected chi connectivity index (χ2v) is 9.02. The molecule has 0 N–H and O–H groups in total. The summed E-state index contributed by atoms with van der Waals surface area (Å²) in [7, 11) is -0.857. The minimum atomic E-state index is -0.857. The Hall–Kier alpha value is 0.507. The van der Waals surface area contributed by atoms with Crippen molar-refractivity contribution < 1.29 is 0 Å². The zero-order chi connectivity index (χ0) is 6.62. The first kappa shape index (κ1) is 8.51. The van der Waals surface area contributed by atoms with Gasteiger partial charge in [-0.25, -0.2) is 0 Å². The Morgan fingerprint density at radius 1 is 1.38 bits per heavy atom. The van der Waals surface area contributed by atoms with E-state index in [9.17, 15) is 0 Å². The minimum Gasteiger partial charge on any atom is -0.0949 e. The molecule has 0 unspecified atom stereocenters. The van der Waals surface area contributed by atoms with E-state index in [-0.39, 0.29) is 0 Å². The molecule has 0 spiro atoms. The van der Waals surface area contributed by atoms with E-state index in [2.05, 4.69) is 52.1 Å². The van der Waals surface area contributed by atoms with Gasteiger partial charge >= 0.3 is 0 Å². The van der Waals surface area contributed by atoms with E-state index in [0.29, 0.717) is 0 Å². The van der Waals surface area contributed by atoms with Gasteiger partial charge in [-0.2, -0.15) is 0 Å². The van der Waals surface area contributed by atoms with Crippen LogP contribution in [-0.4, -0.2) is 8.07 Å². The fourth-order valence-electron chi connectivity index (χ4n) is 0.299. The first-order valence-corrected chi connectivity index (χ1v) is 7.43. The van der Waals surface area contributed by atoms with Crippen LogP contribution in [0.3, 0.4) is 0 Å². The van der Waals surface area contributed by atoms with Crippen molar-refractivity contribution in [3.63, 3.8) is 0 Å². The van der Waals surface area contributed by atoms with Crippen molar-refractivity contribution in [2.24, 2.45) is 0 Å². The quantitative estimate of drug-likeness (QED) is 0.374. The van der Waals surface area contributed by atoms with E-state index in [4.69, 9.17) is 0 Å². The highest BCUT2D eigenvalue weighted by Crippen LogP contribution is 2.05. The van der Waals surface area contributed by atoms with E-state index in [1.165, 1.54) is 0 Å². The predicted octanol–water partition coefficient (Wildman–Crippen LogP) is 2.72. The van der Waals surface area contributed by atoms with Gasteiger partial charge in [0.15, 0.2) is 0 Å². The molecular weight excluding hydrogens is 227 g/mol. The van der Waals surface area contributed by atoms with Gasteiger partial charge < -0.3 is 0 Å². The van der Waals surface area contributed by atoms with Crippen LogP contribution >= 0.6 is 22.6 Å². The van der Waals surface area contributed by atoms with Crippen molar-refractivity contribution in [1.29, 1.82) is 0 Å². The van der Waals surface area contributed by atoms with Gasteiger partial charge in [0.25, 0.3) is 0 Å². The molecule has 0 rings (SSSR count). The van der Waals surface area contributed by atoms with Gasteiger partial charge in [-0.15, -0.1) is 0 Å². The molecule has 46 valence electrons. The van der Waals surface area contributed by atoms with Crippen LogP contribution in [0, 0.1) is 9.85 Å². The van der Waals surface area contributed by atoms with E-state index in [1.54, 1.807) is 0 Å². The molecule has 2 heteroatoms. The number of hydrogen-bond donors (Lipinski definition) is 0. The highest BCUT2D eigenvalue weighted by Gasteiger charge is 2.09. The molecule has 0 aliphatic heterocycles. The lowest BCUT2D eigenvalue weighted by molar-refractivity contribution is 1.57. The Bertz CT molecular complexity index is 113. The normalized spacial score (nSPS) is 10.0. The summed E-state index contributed by atoms with van der Waals surface area (Å²) in [5.41, 5.74) is 0. The number of halogens is 1. The Kier molecular flexibility index (Phi) is 3.74. The number of rotatable bonds is 1. The first-order chi connectivity index (χ1) is 3.56. The summed E-state index contributed by atoms with van der Waals surface area (Å²) in [4.78, 5) is 0. The number of hydrogen-bond acceptors (Lipinski definition) is 0. The van der Waals surface area contributed by atoms with Crippen LogP contribution in [0.2, 0.25) is 25.7 Å². The molecule has 0 fully saturated rings. The molecule has 0 bridgehead atoms. The topological polar surface area (TPSA) is 0 Å². The lowest BCUT2D eigenvalue weighted by Gasteiger charge is -2.08. The van der Waals surface area contributed by atoms with Crippen molar-refractivity contribution in [3.8, 4) is 9.85 Å². The molecular formula is C6H11ISi. The molecule has 0 aliphatic rings. The first-order valence-electron chi connectivity index (χ1n) is 2.65. The third-order valence-corrected chi connectivity index (χ3v) is 2.30. The molecule has 0 radical (unpaired) electrons. The highest BCUT2D eigenvalue weighted by molar-refractivity contribution is 14.1. The lowest BCUT2D eigenvalue weighted by Crippen LogP contribution is -2.17. The molecule has 0 aromatic carbocycles. The summed E-state index contributed by atoms with van der Waals surface area (Å²) in [6.45, 7) is 6.98. The molecule has 0 saturated heterocycles. The maximum absolute atomic E-state index is 3.09. The third kappa shape index (κ3) is 6.51. The molecule has 0 nitrogen and oxygen atoms in total. The van der Waals surface area contributed by atoms with Crippen molar-refractivity contribution >= 4 is 30.7 Å². The van der Waals surface area contributed by atoms with Gasteiger partial charge in [-0.1, -0.05) is 25.6 Å². The van der Waals surface area contributed by atoms with Crippen LogP contribution < -0.4 is 0 Å². The monoisotopic (exact) mass is 238 g/mol.